The molecule has 3 rings (SSSR count). The molecule has 0 amide bonds. The lowest BCUT2D eigenvalue weighted by molar-refractivity contribution is 0.318. The standard InChI is InChI=1S/C19H25NO/c1-16-7-9-17(10-8-16)19(11-3-4-12-19)13-15-20-14-5-2-6-18(20)21/h2,5-7,9-10,14,16H,3-4,8,11-13,15H2,1H3. The molecule has 1 saturated carbocycles. The molecule has 2 aliphatic rings. The lowest BCUT2D eigenvalue weighted by Gasteiger charge is -2.33. The highest BCUT2D eigenvalue weighted by atomic mass is 16.1. The summed E-state index contributed by atoms with van der Waals surface area (Å²) >= 11 is 0. The second kappa shape index (κ2) is 6.05. The minimum absolute atomic E-state index is 0.118. The van der Waals surface area contributed by atoms with Crippen LogP contribution in [-0.4, -0.2) is 4.57 Å². The first-order valence-electron chi connectivity index (χ1n) is 8.24. The number of hydrogen-bond acceptors (Lipinski definition) is 1. The first-order chi connectivity index (χ1) is 10.2. The molecule has 112 valence electrons. The van der Waals surface area contributed by atoms with Crippen LogP contribution in [-0.2, 0) is 6.54 Å². The Kier molecular flexibility index (Phi) is 4.14. The van der Waals surface area contributed by atoms with Crippen LogP contribution in [0.5, 0.6) is 0 Å². The quantitative estimate of drug-likeness (QED) is 0.806. The molecule has 2 nitrogen and oxygen atoms in total. The van der Waals surface area contributed by atoms with Crippen LogP contribution in [0.4, 0.5) is 0 Å². The molecule has 1 aromatic heterocycles. The van der Waals surface area contributed by atoms with E-state index in [1.54, 1.807) is 6.07 Å². The summed E-state index contributed by atoms with van der Waals surface area (Å²) in [5.41, 5.74) is 1.96. The number of pyridine rings is 1. The summed E-state index contributed by atoms with van der Waals surface area (Å²) in [4.78, 5) is 11.9. The molecule has 0 aromatic carbocycles. The van der Waals surface area contributed by atoms with Crippen LogP contribution in [0.2, 0.25) is 0 Å². The Morgan fingerprint density at radius 1 is 1.29 bits per heavy atom. The Morgan fingerprint density at radius 2 is 2.10 bits per heavy atom. The number of allylic oxidation sites excluding steroid dienone is 4. The van der Waals surface area contributed by atoms with Gasteiger partial charge in [-0.05, 0) is 48.7 Å². The molecule has 0 N–H and O–H groups in total. The fourth-order valence-corrected chi connectivity index (χ4v) is 3.84. The summed E-state index contributed by atoms with van der Waals surface area (Å²) in [6.07, 6.45) is 16.5. The average Bonchev–Trinajstić information content (AvgIpc) is 2.97. The van der Waals surface area contributed by atoms with E-state index in [9.17, 15) is 4.79 Å². The van der Waals surface area contributed by atoms with Gasteiger partial charge < -0.3 is 4.57 Å². The third kappa shape index (κ3) is 3.04. The van der Waals surface area contributed by atoms with Gasteiger partial charge in [-0.2, -0.15) is 0 Å². The normalized spacial score (nSPS) is 24.0. The summed E-state index contributed by atoms with van der Waals surface area (Å²) in [5.74, 6) is 0.670. The first-order valence-corrected chi connectivity index (χ1v) is 8.24. The van der Waals surface area contributed by atoms with Gasteiger partial charge in [0.05, 0.1) is 0 Å². The van der Waals surface area contributed by atoms with Crippen molar-refractivity contribution in [3.63, 3.8) is 0 Å². The maximum absolute atomic E-state index is 11.9. The molecule has 0 saturated heterocycles. The van der Waals surface area contributed by atoms with Gasteiger partial charge in [0.15, 0.2) is 0 Å². The summed E-state index contributed by atoms with van der Waals surface area (Å²) in [6.45, 7) is 3.11. The number of aryl methyl sites for hydroxylation is 1. The van der Waals surface area contributed by atoms with Gasteiger partial charge in [0.1, 0.15) is 0 Å². The van der Waals surface area contributed by atoms with Gasteiger partial charge in [0, 0.05) is 18.8 Å². The predicted molar refractivity (Wildman–Crippen MR) is 87.2 cm³/mol. The Balaban J connectivity index is 1.78. The van der Waals surface area contributed by atoms with Crippen molar-refractivity contribution < 1.29 is 0 Å². The molecule has 21 heavy (non-hydrogen) atoms. The largest absolute Gasteiger partial charge is 0.316 e. The van der Waals surface area contributed by atoms with Crippen molar-refractivity contribution in [2.24, 2.45) is 11.3 Å². The Hall–Kier alpha value is -1.57. The maximum atomic E-state index is 11.9. The topological polar surface area (TPSA) is 22.0 Å². The van der Waals surface area contributed by atoms with E-state index in [2.05, 4.69) is 25.2 Å². The lowest BCUT2D eigenvalue weighted by Crippen LogP contribution is -2.26. The zero-order valence-corrected chi connectivity index (χ0v) is 12.9. The SMILES string of the molecule is CC1C=CC(C2(CCn3ccccc3=O)CCCC2)=CC1. The average molecular weight is 283 g/mol. The molecular weight excluding hydrogens is 258 g/mol. The summed E-state index contributed by atoms with van der Waals surface area (Å²) in [7, 11) is 0. The van der Waals surface area contributed by atoms with E-state index in [0.717, 1.165) is 13.0 Å². The van der Waals surface area contributed by atoms with Crippen LogP contribution >= 0.6 is 0 Å². The van der Waals surface area contributed by atoms with Crippen molar-refractivity contribution in [1.29, 1.82) is 0 Å². The van der Waals surface area contributed by atoms with Crippen LogP contribution in [0, 0.1) is 11.3 Å². The summed E-state index contributed by atoms with van der Waals surface area (Å²) in [5, 5.41) is 0. The third-order valence-corrected chi connectivity index (χ3v) is 5.22. The minimum Gasteiger partial charge on any atom is -0.316 e. The zero-order chi connectivity index (χ0) is 14.7. The van der Waals surface area contributed by atoms with Crippen LogP contribution in [0.1, 0.15) is 45.4 Å². The molecule has 0 bridgehead atoms. The molecule has 0 aliphatic heterocycles. The van der Waals surface area contributed by atoms with Gasteiger partial charge >= 0.3 is 0 Å². The van der Waals surface area contributed by atoms with Crippen molar-refractivity contribution in [2.75, 3.05) is 0 Å². The van der Waals surface area contributed by atoms with E-state index in [1.165, 1.54) is 37.7 Å². The number of rotatable bonds is 4. The van der Waals surface area contributed by atoms with Gasteiger partial charge in [-0.15, -0.1) is 0 Å². The molecule has 1 atom stereocenters. The smallest absolute Gasteiger partial charge is 0.250 e. The first kappa shape index (κ1) is 14.4. The molecule has 2 heteroatoms. The maximum Gasteiger partial charge on any atom is 0.250 e. The van der Waals surface area contributed by atoms with Crippen molar-refractivity contribution >= 4 is 0 Å². The fourth-order valence-electron chi connectivity index (χ4n) is 3.84. The number of nitrogens with zero attached hydrogens (tertiary/aromatic N) is 1. The van der Waals surface area contributed by atoms with Gasteiger partial charge in [-0.3, -0.25) is 4.79 Å². The van der Waals surface area contributed by atoms with E-state index >= 15 is 0 Å². The molecule has 1 heterocycles. The van der Waals surface area contributed by atoms with Crippen LogP contribution in [0.3, 0.4) is 0 Å². The third-order valence-electron chi connectivity index (χ3n) is 5.22. The predicted octanol–water partition coefficient (Wildman–Crippen LogP) is 4.32. The van der Waals surface area contributed by atoms with Crippen LogP contribution in [0.15, 0.2) is 53.0 Å². The van der Waals surface area contributed by atoms with E-state index in [0.29, 0.717) is 11.3 Å². The van der Waals surface area contributed by atoms with Crippen molar-refractivity contribution in [1.82, 2.24) is 4.57 Å². The lowest BCUT2D eigenvalue weighted by atomic mass is 9.73. The van der Waals surface area contributed by atoms with Crippen molar-refractivity contribution in [3.8, 4) is 0 Å². The highest BCUT2D eigenvalue weighted by molar-refractivity contribution is 5.31. The fraction of sp³-hybridized carbons (Fsp3) is 0.526. The zero-order valence-electron chi connectivity index (χ0n) is 12.9. The van der Waals surface area contributed by atoms with Crippen LogP contribution in [0.25, 0.3) is 0 Å². The molecule has 0 spiro atoms. The minimum atomic E-state index is 0.118. The summed E-state index contributed by atoms with van der Waals surface area (Å²) < 4.78 is 1.86. The van der Waals surface area contributed by atoms with Gasteiger partial charge in [-0.25, -0.2) is 0 Å². The van der Waals surface area contributed by atoms with Gasteiger partial charge in [-0.1, -0.05) is 44.1 Å². The highest BCUT2D eigenvalue weighted by Crippen LogP contribution is 2.48. The number of hydrogen-bond donors (Lipinski definition) is 0. The Bertz CT molecular complexity index is 602. The molecule has 1 fully saturated rings. The number of aromatic nitrogens is 1. The molecule has 1 aromatic rings. The van der Waals surface area contributed by atoms with E-state index in [-0.39, 0.29) is 5.56 Å². The van der Waals surface area contributed by atoms with Crippen molar-refractivity contribution in [2.45, 2.75) is 52.0 Å². The van der Waals surface area contributed by atoms with E-state index in [1.807, 2.05) is 22.9 Å². The van der Waals surface area contributed by atoms with E-state index in [4.69, 9.17) is 0 Å². The molecule has 0 radical (unpaired) electrons. The van der Waals surface area contributed by atoms with Crippen molar-refractivity contribution in [3.05, 3.63) is 58.6 Å². The Labute approximate surface area is 127 Å². The molecular formula is C19H25NO. The highest BCUT2D eigenvalue weighted by Gasteiger charge is 2.36. The van der Waals surface area contributed by atoms with E-state index < -0.39 is 0 Å². The summed E-state index contributed by atoms with van der Waals surface area (Å²) in [6, 6.07) is 5.42. The van der Waals surface area contributed by atoms with Gasteiger partial charge in [0.2, 0.25) is 5.56 Å². The Morgan fingerprint density at radius 3 is 2.76 bits per heavy atom. The van der Waals surface area contributed by atoms with Crippen LogP contribution < -0.4 is 5.56 Å². The second-order valence-corrected chi connectivity index (χ2v) is 6.70. The molecule has 1 unspecified atom stereocenters. The molecule has 2 aliphatic carbocycles. The monoisotopic (exact) mass is 283 g/mol. The second-order valence-electron chi connectivity index (χ2n) is 6.70. The van der Waals surface area contributed by atoms with Gasteiger partial charge in [0.25, 0.3) is 0 Å².